The minimum Gasteiger partial charge on any atom is -0.311 e. The van der Waals surface area contributed by atoms with Crippen molar-refractivity contribution in [2.24, 2.45) is 11.8 Å². The number of nitrogens with one attached hydrogen (secondary N) is 1. The van der Waals surface area contributed by atoms with E-state index in [4.69, 9.17) is 0 Å². The SMILES string of the molecule is CN1CC[C@@H]2C(C1)NCCN(C)[C@H]2C1CC1. The second kappa shape index (κ2) is 4.28. The topological polar surface area (TPSA) is 18.5 Å². The van der Waals surface area contributed by atoms with Gasteiger partial charge in [-0.2, -0.15) is 0 Å². The summed E-state index contributed by atoms with van der Waals surface area (Å²) in [7, 11) is 4.60. The highest BCUT2D eigenvalue weighted by molar-refractivity contribution is 5.00. The van der Waals surface area contributed by atoms with Gasteiger partial charge in [-0.05, 0) is 51.7 Å². The van der Waals surface area contributed by atoms with Crippen LogP contribution >= 0.6 is 0 Å². The van der Waals surface area contributed by atoms with E-state index < -0.39 is 0 Å². The molecule has 0 aromatic heterocycles. The quantitative estimate of drug-likeness (QED) is 0.703. The molecule has 16 heavy (non-hydrogen) atoms. The van der Waals surface area contributed by atoms with Crippen molar-refractivity contribution in [3.63, 3.8) is 0 Å². The lowest BCUT2D eigenvalue weighted by atomic mass is 9.83. The van der Waals surface area contributed by atoms with Crippen LogP contribution in [0.4, 0.5) is 0 Å². The number of hydrogen-bond donors (Lipinski definition) is 1. The van der Waals surface area contributed by atoms with Crippen molar-refractivity contribution in [1.29, 1.82) is 0 Å². The molecule has 2 heterocycles. The van der Waals surface area contributed by atoms with Gasteiger partial charge in [-0.25, -0.2) is 0 Å². The molecule has 3 nitrogen and oxygen atoms in total. The summed E-state index contributed by atoms with van der Waals surface area (Å²) in [4.78, 5) is 5.13. The van der Waals surface area contributed by atoms with Crippen LogP contribution in [0.5, 0.6) is 0 Å². The van der Waals surface area contributed by atoms with E-state index >= 15 is 0 Å². The molecule has 0 spiro atoms. The first kappa shape index (κ1) is 11.0. The molecule has 92 valence electrons. The zero-order valence-corrected chi connectivity index (χ0v) is 10.7. The van der Waals surface area contributed by atoms with Gasteiger partial charge < -0.3 is 15.1 Å². The van der Waals surface area contributed by atoms with Crippen molar-refractivity contribution in [1.82, 2.24) is 15.1 Å². The lowest BCUT2D eigenvalue weighted by Crippen LogP contribution is -2.53. The second-order valence-electron chi connectivity index (χ2n) is 6.08. The van der Waals surface area contributed by atoms with Gasteiger partial charge in [0.1, 0.15) is 0 Å². The van der Waals surface area contributed by atoms with Crippen LogP contribution in [-0.2, 0) is 0 Å². The average molecular weight is 223 g/mol. The Labute approximate surface area is 99.2 Å². The molecule has 3 aliphatic rings. The van der Waals surface area contributed by atoms with Crippen molar-refractivity contribution in [2.45, 2.75) is 31.3 Å². The smallest absolute Gasteiger partial charge is 0.0239 e. The van der Waals surface area contributed by atoms with Gasteiger partial charge >= 0.3 is 0 Å². The van der Waals surface area contributed by atoms with Crippen molar-refractivity contribution < 1.29 is 0 Å². The fraction of sp³-hybridized carbons (Fsp3) is 1.00. The first-order valence-electron chi connectivity index (χ1n) is 6.88. The molecule has 0 aromatic carbocycles. The van der Waals surface area contributed by atoms with E-state index in [0.717, 1.165) is 23.9 Å². The third-order valence-electron chi connectivity index (χ3n) is 4.79. The summed E-state index contributed by atoms with van der Waals surface area (Å²) in [6.07, 6.45) is 4.35. The maximum Gasteiger partial charge on any atom is 0.0239 e. The molecule has 3 rings (SSSR count). The van der Waals surface area contributed by atoms with Crippen LogP contribution in [0.15, 0.2) is 0 Å². The van der Waals surface area contributed by atoms with Gasteiger partial charge in [0.25, 0.3) is 0 Å². The first-order chi connectivity index (χ1) is 7.75. The Morgan fingerprint density at radius 1 is 1.06 bits per heavy atom. The van der Waals surface area contributed by atoms with Gasteiger partial charge in [-0.1, -0.05) is 0 Å². The largest absolute Gasteiger partial charge is 0.311 e. The fourth-order valence-electron chi connectivity index (χ4n) is 3.81. The second-order valence-corrected chi connectivity index (χ2v) is 6.08. The van der Waals surface area contributed by atoms with Gasteiger partial charge in [0.2, 0.25) is 0 Å². The molecule has 1 aliphatic carbocycles. The van der Waals surface area contributed by atoms with E-state index in [1.807, 2.05) is 0 Å². The molecule has 3 fully saturated rings. The number of likely N-dealkylation sites (N-methyl/N-ethyl adjacent to an activating group) is 2. The Kier molecular flexibility index (Phi) is 2.94. The number of hydrogen-bond acceptors (Lipinski definition) is 3. The molecule has 0 radical (unpaired) electrons. The molecule has 0 bridgehead atoms. The van der Waals surface area contributed by atoms with E-state index in [0.29, 0.717) is 0 Å². The number of likely N-dealkylation sites (tertiary alicyclic amines) is 1. The van der Waals surface area contributed by atoms with E-state index in [-0.39, 0.29) is 0 Å². The summed E-state index contributed by atoms with van der Waals surface area (Å²) >= 11 is 0. The molecule has 1 unspecified atom stereocenters. The molecule has 1 N–H and O–H groups in total. The molecule has 3 heteroatoms. The van der Waals surface area contributed by atoms with Crippen LogP contribution < -0.4 is 5.32 Å². The standard InChI is InChI=1S/C13H25N3/c1-15-7-5-11-12(9-15)14-6-8-16(2)13(11)10-3-4-10/h10-14H,3-9H2,1-2H3/t11-,12?,13+/m1/s1. The predicted octanol–water partition coefficient (Wildman–Crippen LogP) is 0.620. The number of rotatable bonds is 1. The van der Waals surface area contributed by atoms with Crippen molar-refractivity contribution in [3.8, 4) is 0 Å². The predicted molar refractivity (Wildman–Crippen MR) is 66.5 cm³/mol. The Morgan fingerprint density at radius 3 is 2.62 bits per heavy atom. The normalized spacial score (nSPS) is 42.8. The summed E-state index contributed by atoms with van der Waals surface area (Å²) in [6, 6.07) is 1.61. The Hall–Kier alpha value is -0.120. The van der Waals surface area contributed by atoms with Crippen LogP contribution in [0.25, 0.3) is 0 Å². The highest BCUT2D eigenvalue weighted by Gasteiger charge is 2.44. The Morgan fingerprint density at radius 2 is 1.88 bits per heavy atom. The summed E-state index contributed by atoms with van der Waals surface area (Å²) in [6.45, 7) is 4.95. The van der Waals surface area contributed by atoms with Crippen molar-refractivity contribution >= 4 is 0 Å². The minimum atomic E-state index is 0.745. The monoisotopic (exact) mass is 223 g/mol. The number of fused-ring (bicyclic) bond motifs is 1. The zero-order valence-electron chi connectivity index (χ0n) is 10.7. The highest BCUT2D eigenvalue weighted by atomic mass is 15.2. The molecular weight excluding hydrogens is 198 g/mol. The van der Waals surface area contributed by atoms with Crippen molar-refractivity contribution in [2.75, 3.05) is 40.3 Å². The Balaban J connectivity index is 1.78. The molecule has 3 atom stereocenters. The molecular formula is C13H25N3. The van der Waals surface area contributed by atoms with E-state index in [1.54, 1.807) is 0 Å². The van der Waals surface area contributed by atoms with Crippen LogP contribution in [0.2, 0.25) is 0 Å². The first-order valence-corrected chi connectivity index (χ1v) is 6.88. The van der Waals surface area contributed by atoms with Gasteiger partial charge in [0, 0.05) is 31.7 Å². The maximum absolute atomic E-state index is 3.77. The minimum absolute atomic E-state index is 0.745. The van der Waals surface area contributed by atoms with Crippen LogP contribution in [0, 0.1) is 11.8 Å². The van der Waals surface area contributed by atoms with Crippen molar-refractivity contribution in [3.05, 3.63) is 0 Å². The summed E-state index contributed by atoms with van der Waals surface area (Å²) in [5, 5.41) is 3.77. The van der Waals surface area contributed by atoms with Gasteiger partial charge in [-0.3, -0.25) is 0 Å². The molecule has 0 amide bonds. The summed E-state index contributed by atoms with van der Waals surface area (Å²) < 4.78 is 0. The number of nitrogens with zero attached hydrogens (tertiary/aromatic N) is 2. The van der Waals surface area contributed by atoms with E-state index in [9.17, 15) is 0 Å². The molecule has 2 saturated heterocycles. The number of piperidine rings is 1. The van der Waals surface area contributed by atoms with Crippen LogP contribution in [0.3, 0.4) is 0 Å². The average Bonchev–Trinajstić information content (AvgIpc) is 3.04. The lowest BCUT2D eigenvalue weighted by Gasteiger charge is -2.41. The lowest BCUT2D eigenvalue weighted by molar-refractivity contribution is 0.0962. The maximum atomic E-state index is 3.77. The summed E-state index contributed by atoms with van der Waals surface area (Å²) in [5.41, 5.74) is 0. The van der Waals surface area contributed by atoms with E-state index in [1.165, 1.54) is 45.4 Å². The molecule has 0 aromatic rings. The Bertz CT molecular complexity index is 252. The van der Waals surface area contributed by atoms with E-state index in [2.05, 4.69) is 29.2 Å². The van der Waals surface area contributed by atoms with Crippen LogP contribution in [-0.4, -0.2) is 62.2 Å². The third-order valence-corrected chi connectivity index (χ3v) is 4.79. The zero-order chi connectivity index (χ0) is 11.1. The van der Waals surface area contributed by atoms with Gasteiger partial charge in [-0.15, -0.1) is 0 Å². The highest BCUT2D eigenvalue weighted by Crippen LogP contribution is 2.41. The summed E-state index contributed by atoms with van der Waals surface area (Å²) in [5.74, 6) is 1.91. The third kappa shape index (κ3) is 2.01. The van der Waals surface area contributed by atoms with Crippen LogP contribution in [0.1, 0.15) is 19.3 Å². The van der Waals surface area contributed by atoms with Gasteiger partial charge in [0.05, 0.1) is 0 Å². The fourth-order valence-corrected chi connectivity index (χ4v) is 3.81. The molecule has 1 saturated carbocycles. The van der Waals surface area contributed by atoms with Gasteiger partial charge in [0.15, 0.2) is 0 Å². The molecule has 2 aliphatic heterocycles.